The van der Waals surface area contributed by atoms with E-state index in [2.05, 4.69) is 25.2 Å². The fourth-order valence-corrected chi connectivity index (χ4v) is 0.515. The minimum atomic E-state index is 0. The molecule has 0 nitrogen and oxygen atoms in total. The minimum Gasteiger partial charge on any atom is -1.00 e. The van der Waals surface area contributed by atoms with Crippen molar-refractivity contribution in [3.05, 3.63) is 23.8 Å². The third kappa shape index (κ3) is 9.63. The minimum absolute atomic E-state index is 0. The first-order valence-corrected chi connectivity index (χ1v) is 2.13. The molecule has 0 bridgehead atoms. The first-order valence-electron chi connectivity index (χ1n) is 2.13. The standard InChI is InChI=1S/C6H7.3BrH.Ti/c1-6-4-2-3-5-6;;;;/h2,4H,3H2,1H3;3*1H;/q-1;;;;+4/p-3. The molecule has 0 radical (unpaired) electrons. The van der Waals surface area contributed by atoms with E-state index in [1.807, 2.05) is 0 Å². The van der Waals surface area contributed by atoms with Crippen LogP contribution in [-0.4, -0.2) is 0 Å². The summed E-state index contributed by atoms with van der Waals surface area (Å²) in [5.41, 5.74) is 1.27. The Hall–Kier alpha value is 1.63. The maximum atomic E-state index is 3.12. The number of rotatable bonds is 0. The quantitative estimate of drug-likeness (QED) is 0.295. The Morgan fingerprint density at radius 1 is 1.30 bits per heavy atom. The number of hydrogen-bond donors (Lipinski definition) is 0. The Morgan fingerprint density at radius 2 is 1.80 bits per heavy atom. The van der Waals surface area contributed by atoms with Gasteiger partial charge in [0.25, 0.3) is 0 Å². The van der Waals surface area contributed by atoms with E-state index >= 15 is 0 Å². The van der Waals surface area contributed by atoms with Crippen molar-refractivity contribution in [3.63, 3.8) is 0 Å². The summed E-state index contributed by atoms with van der Waals surface area (Å²) in [5, 5.41) is 0. The van der Waals surface area contributed by atoms with Gasteiger partial charge in [0.1, 0.15) is 0 Å². The summed E-state index contributed by atoms with van der Waals surface area (Å²) in [6, 6.07) is 0. The average Bonchev–Trinajstić information content (AvgIpc) is 1.86. The van der Waals surface area contributed by atoms with Crippen LogP contribution in [0.1, 0.15) is 13.3 Å². The molecule has 1 aliphatic rings. The molecule has 0 saturated carbocycles. The van der Waals surface area contributed by atoms with Gasteiger partial charge >= 0.3 is 21.7 Å². The molecule has 10 heavy (non-hydrogen) atoms. The third-order valence-corrected chi connectivity index (χ3v) is 0.867. The van der Waals surface area contributed by atoms with Crippen molar-refractivity contribution in [3.8, 4) is 0 Å². The summed E-state index contributed by atoms with van der Waals surface area (Å²) in [5.74, 6) is 0. The molecular weight excluding hydrogens is 360 g/mol. The van der Waals surface area contributed by atoms with Crippen LogP contribution < -0.4 is 50.9 Å². The van der Waals surface area contributed by atoms with E-state index in [1.165, 1.54) is 5.57 Å². The predicted octanol–water partition coefficient (Wildman–Crippen LogP) is -7.29. The molecule has 0 atom stereocenters. The van der Waals surface area contributed by atoms with Gasteiger partial charge in [0.15, 0.2) is 0 Å². The Labute approximate surface area is 109 Å². The molecule has 0 amide bonds. The third-order valence-electron chi connectivity index (χ3n) is 0.867. The Morgan fingerprint density at radius 3 is 1.90 bits per heavy atom. The van der Waals surface area contributed by atoms with Crippen molar-refractivity contribution >= 4 is 0 Å². The van der Waals surface area contributed by atoms with Crippen LogP contribution in [0.5, 0.6) is 0 Å². The average molecular weight is 367 g/mol. The zero-order valence-corrected chi connectivity index (χ0v) is 11.8. The first kappa shape index (κ1) is 22.6. The van der Waals surface area contributed by atoms with Crippen LogP contribution in [0.15, 0.2) is 17.7 Å². The number of allylic oxidation sites excluding steroid dienone is 4. The summed E-state index contributed by atoms with van der Waals surface area (Å²) in [6.07, 6.45) is 8.33. The van der Waals surface area contributed by atoms with Crippen molar-refractivity contribution in [2.45, 2.75) is 13.3 Å². The van der Waals surface area contributed by atoms with E-state index in [1.54, 1.807) is 0 Å². The van der Waals surface area contributed by atoms with Gasteiger partial charge in [-0.05, 0) is 0 Å². The first-order chi connectivity index (χ1) is 2.89. The van der Waals surface area contributed by atoms with Crippen molar-refractivity contribution in [1.29, 1.82) is 0 Å². The molecule has 0 heterocycles. The normalized spacial score (nSPS) is 11.1. The monoisotopic (exact) mass is 364 g/mol. The largest absolute Gasteiger partial charge is 4.00 e. The fraction of sp³-hybridized carbons (Fsp3) is 0.333. The second kappa shape index (κ2) is 13.2. The molecule has 4 heteroatoms. The molecule has 0 spiro atoms. The van der Waals surface area contributed by atoms with E-state index in [9.17, 15) is 0 Å². The molecule has 0 saturated heterocycles. The SMILES string of the molecule is CC1=[C-]CC=C1.[Br-].[Br-].[Br-].[Ti+4]. The van der Waals surface area contributed by atoms with Crippen LogP contribution in [0.3, 0.4) is 0 Å². The van der Waals surface area contributed by atoms with Crippen LogP contribution in [0.2, 0.25) is 0 Å². The van der Waals surface area contributed by atoms with Crippen LogP contribution in [0.4, 0.5) is 0 Å². The molecule has 56 valence electrons. The summed E-state index contributed by atoms with van der Waals surface area (Å²) >= 11 is 0. The van der Waals surface area contributed by atoms with E-state index < -0.39 is 0 Å². The van der Waals surface area contributed by atoms with Gasteiger partial charge in [-0.15, -0.1) is 6.42 Å². The van der Waals surface area contributed by atoms with Gasteiger partial charge in [-0.25, -0.2) is 11.6 Å². The van der Waals surface area contributed by atoms with Gasteiger partial charge < -0.3 is 50.9 Å². The van der Waals surface area contributed by atoms with E-state index in [0.29, 0.717) is 0 Å². The fourth-order valence-electron chi connectivity index (χ4n) is 0.515. The second-order valence-electron chi connectivity index (χ2n) is 1.47. The zero-order valence-electron chi connectivity index (χ0n) is 5.50. The van der Waals surface area contributed by atoms with Gasteiger partial charge in [-0.1, -0.05) is 6.92 Å². The molecule has 0 aliphatic heterocycles. The van der Waals surface area contributed by atoms with E-state index in [0.717, 1.165) is 6.42 Å². The van der Waals surface area contributed by atoms with Gasteiger partial charge in [0.2, 0.25) is 0 Å². The van der Waals surface area contributed by atoms with Gasteiger partial charge in [-0.2, -0.15) is 6.08 Å². The molecule has 1 rings (SSSR count). The van der Waals surface area contributed by atoms with E-state index in [4.69, 9.17) is 0 Å². The molecule has 0 N–H and O–H groups in total. The molecule has 0 aromatic rings. The summed E-state index contributed by atoms with van der Waals surface area (Å²) in [6.45, 7) is 2.06. The molecule has 0 fully saturated rings. The van der Waals surface area contributed by atoms with Crippen LogP contribution in [0.25, 0.3) is 0 Å². The number of hydrogen-bond acceptors (Lipinski definition) is 0. The van der Waals surface area contributed by atoms with Crippen LogP contribution in [0, 0.1) is 6.08 Å². The second-order valence-corrected chi connectivity index (χ2v) is 1.47. The maximum absolute atomic E-state index is 3.12. The molecule has 1 aliphatic carbocycles. The smallest absolute Gasteiger partial charge is 1.00 e. The topological polar surface area (TPSA) is 0 Å². The van der Waals surface area contributed by atoms with Gasteiger partial charge in [0.05, 0.1) is 0 Å². The molecule has 0 aromatic carbocycles. The van der Waals surface area contributed by atoms with Gasteiger partial charge in [-0.3, -0.25) is 6.08 Å². The Bertz CT molecular complexity index is 107. The van der Waals surface area contributed by atoms with Crippen molar-refractivity contribution < 1.29 is 72.7 Å². The van der Waals surface area contributed by atoms with Gasteiger partial charge in [0, 0.05) is 0 Å². The van der Waals surface area contributed by atoms with E-state index in [-0.39, 0.29) is 72.7 Å². The van der Waals surface area contributed by atoms with Crippen LogP contribution >= 0.6 is 0 Å². The van der Waals surface area contributed by atoms with Crippen LogP contribution in [-0.2, 0) is 21.7 Å². The van der Waals surface area contributed by atoms with Crippen molar-refractivity contribution in [2.24, 2.45) is 0 Å². The Kier molecular flexibility index (Phi) is 29.9. The van der Waals surface area contributed by atoms with Crippen molar-refractivity contribution in [1.82, 2.24) is 0 Å². The maximum Gasteiger partial charge on any atom is 4.00 e. The summed E-state index contributed by atoms with van der Waals surface area (Å²) in [7, 11) is 0. The predicted molar refractivity (Wildman–Crippen MR) is 26.2 cm³/mol. The molecule has 0 aromatic heterocycles. The summed E-state index contributed by atoms with van der Waals surface area (Å²) < 4.78 is 0. The molecule has 0 unspecified atom stereocenters. The zero-order chi connectivity index (χ0) is 4.41. The summed E-state index contributed by atoms with van der Waals surface area (Å²) in [4.78, 5) is 0. The molecular formula is C6H7Br3Ti. The van der Waals surface area contributed by atoms with Crippen molar-refractivity contribution in [2.75, 3.05) is 0 Å². The Balaban J connectivity index is -0.0000000450. The number of halogens is 3.